The normalized spacial score (nSPS) is 9.64. The van der Waals surface area contributed by atoms with E-state index in [0.29, 0.717) is 17.0 Å². The molecule has 60 valence electrons. The smallest absolute Gasteiger partial charge is 0.144 e. The quantitative estimate of drug-likeness (QED) is 0.781. The zero-order valence-corrected chi connectivity index (χ0v) is 7.37. The molecule has 4 nitrogen and oxygen atoms in total. The van der Waals surface area contributed by atoms with Crippen LogP contribution >= 0.6 is 15.9 Å². The summed E-state index contributed by atoms with van der Waals surface area (Å²) < 4.78 is 0.701. The van der Waals surface area contributed by atoms with Gasteiger partial charge >= 0.3 is 0 Å². The average molecular weight is 218 g/mol. The Balaban J connectivity index is 2.52. The molecule has 1 aromatic rings. The van der Waals surface area contributed by atoms with Gasteiger partial charge in [0.25, 0.3) is 0 Å². The minimum absolute atomic E-state index is 0.0950. The number of rotatable bonds is 3. The summed E-state index contributed by atoms with van der Waals surface area (Å²) in [5, 5.41) is 11.3. The van der Waals surface area contributed by atoms with Gasteiger partial charge in [0, 0.05) is 6.54 Å². The lowest BCUT2D eigenvalue weighted by Crippen LogP contribution is -2.06. The van der Waals surface area contributed by atoms with Gasteiger partial charge in [0.2, 0.25) is 0 Å². The molecule has 2 N–H and O–H groups in total. The number of halogens is 1. The van der Waals surface area contributed by atoms with Crippen molar-refractivity contribution < 1.29 is 5.11 Å². The summed E-state index contributed by atoms with van der Waals surface area (Å²) in [7, 11) is 0. The predicted molar refractivity (Wildman–Crippen MR) is 45.3 cm³/mol. The van der Waals surface area contributed by atoms with E-state index >= 15 is 0 Å². The van der Waals surface area contributed by atoms with E-state index in [1.807, 2.05) is 0 Å². The first-order valence-electron chi connectivity index (χ1n) is 3.15. The summed E-state index contributed by atoms with van der Waals surface area (Å²) in [6.45, 7) is 0.591. The van der Waals surface area contributed by atoms with E-state index in [-0.39, 0.29) is 6.61 Å². The Labute approximate surface area is 72.8 Å². The molecule has 0 unspecified atom stereocenters. The van der Waals surface area contributed by atoms with Crippen LogP contribution in [0.2, 0.25) is 0 Å². The van der Waals surface area contributed by atoms with Gasteiger partial charge in [-0.25, -0.2) is 9.97 Å². The molecule has 1 aromatic heterocycles. The molecule has 5 heteroatoms. The molecule has 0 bridgehead atoms. The summed E-state index contributed by atoms with van der Waals surface area (Å²) in [5.74, 6) is 0.669. The van der Waals surface area contributed by atoms with Crippen molar-refractivity contribution in [3.8, 4) is 0 Å². The molecule has 0 aliphatic heterocycles. The van der Waals surface area contributed by atoms with E-state index in [4.69, 9.17) is 5.11 Å². The highest BCUT2D eigenvalue weighted by molar-refractivity contribution is 9.10. The van der Waals surface area contributed by atoms with E-state index < -0.39 is 0 Å². The van der Waals surface area contributed by atoms with Gasteiger partial charge in [-0.1, -0.05) is 0 Å². The molecule has 0 amide bonds. The molecule has 0 atom stereocenters. The van der Waals surface area contributed by atoms with E-state index in [1.54, 1.807) is 12.4 Å². The van der Waals surface area contributed by atoms with Crippen LogP contribution in [-0.2, 0) is 0 Å². The van der Waals surface area contributed by atoms with Crippen LogP contribution < -0.4 is 5.32 Å². The summed E-state index contributed by atoms with van der Waals surface area (Å²) in [5.41, 5.74) is 0. The largest absolute Gasteiger partial charge is 0.395 e. The molecule has 0 aromatic carbocycles. The number of aliphatic hydroxyl groups excluding tert-OH is 1. The van der Waals surface area contributed by atoms with Crippen molar-refractivity contribution in [1.29, 1.82) is 0 Å². The third-order valence-corrected chi connectivity index (χ3v) is 1.45. The summed E-state index contributed by atoms with van der Waals surface area (Å²) in [6, 6.07) is 0. The Morgan fingerprint density at radius 1 is 1.45 bits per heavy atom. The van der Waals surface area contributed by atoms with Crippen LogP contribution in [0.3, 0.4) is 0 Å². The highest BCUT2D eigenvalue weighted by atomic mass is 79.9. The van der Waals surface area contributed by atoms with Gasteiger partial charge in [0.05, 0.1) is 19.0 Å². The lowest BCUT2D eigenvalue weighted by atomic mass is 10.6. The Bertz CT molecular complexity index is 214. The van der Waals surface area contributed by atoms with Gasteiger partial charge in [-0.3, -0.25) is 0 Å². The van der Waals surface area contributed by atoms with Crippen molar-refractivity contribution in [3.63, 3.8) is 0 Å². The van der Waals surface area contributed by atoms with E-state index in [2.05, 4.69) is 31.2 Å². The first-order valence-corrected chi connectivity index (χ1v) is 3.94. The monoisotopic (exact) mass is 217 g/mol. The highest BCUT2D eigenvalue weighted by Gasteiger charge is 1.91. The maximum Gasteiger partial charge on any atom is 0.144 e. The Morgan fingerprint density at radius 3 is 2.82 bits per heavy atom. The van der Waals surface area contributed by atoms with Gasteiger partial charge < -0.3 is 10.4 Å². The molecule has 0 aliphatic rings. The maximum absolute atomic E-state index is 8.46. The first kappa shape index (κ1) is 8.42. The molecule has 0 spiro atoms. The maximum atomic E-state index is 8.46. The SMILES string of the molecule is OCCNc1cnc(Br)cn1. The van der Waals surface area contributed by atoms with Crippen molar-refractivity contribution in [1.82, 2.24) is 9.97 Å². The number of anilines is 1. The van der Waals surface area contributed by atoms with E-state index in [9.17, 15) is 0 Å². The van der Waals surface area contributed by atoms with Gasteiger partial charge in [-0.2, -0.15) is 0 Å². The van der Waals surface area contributed by atoms with Crippen LogP contribution in [0.4, 0.5) is 5.82 Å². The van der Waals surface area contributed by atoms with Crippen molar-refractivity contribution in [2.24, 2.45) is 0 Å². The van der Waals surface area contributed by atoms with Gasteiger partial charge in [0.1, 0.15) is 10.4 Å². The van der Waals surface area contributed by atoms with E-state index in [1.165, 1.54) is 0 Å². The fourth-order valence-corrected chi connectivity index (χ4v) is 0.792. The average Bonchev–Trinajstić information content (AvgIpc) is 2.04. The van der Waals surface area contributed by atoms with Gasteiger partial charge in [-0.15, -0.1) is 0 Å². The third-order valence-electron chi connectivity index (χ3n) is 1.04. The van der Waals surface area contributed by atoms with Gasteiger partial charge in [-0.05, 0) is 15.9 Å². The predicted octanol–water partition coefficient (Wildman–Crippen LogP) is 0.643. The molecule has 0 aliphatic carbocycles. The van der Waals surface area contributed by atoms with Crippen molar-refractivity contribution in [3.05, 3.63) is 17.0 Å². The van der Waals surface area contributed by atoms with Crippen LogP contribution in [-0.4, -0.2) is 28.2 Å². The second-order valence-electron chi connectivity index (χ2n) is 1.87. The lowest BCUT2D eigenvalue weighted by Gasteiger charge is -2.00. The Morgan fingerprint density at radius 2 is 2.27 bits per heavy atom. The van der Waals surface area contributed by atoms with Crippen molar-refractivity contribution in [2.75, 3.05) is 18.5 Å². The topological polar surface area (TPSA) is 58.0 Å². The number of hydrogen-bond donors (Lipinski definition) is 2. The molecular weight excluding hydrogens is 210 g/mol. The summed E-state index contributed by atoms with van der Waals surface area (Å²) in [6.07, 6.45) is 3.19. The molecular formula is C6H8BrN3O. The number of nitrogens with one attached hydrogen (secondary N) is 1. The van der Waals surface area contributed by atoms with Crippen LogP contribution in [0.1, 0.15) is 0 Å². The molecule has 0 radical (unpaired) electrons. The fourth-order valence-electron chi connectivity index (χ4n) is 0.588. The van der Waals surface area contributed by atoms with Crippen LogP contribution in [0.15, 0.2) is 17.0 Å². The van der Waals surface area contributed by atoms with Crippen molar-refractivity contribution in [2.45, 2.75) is 0 Å². The minimum atomic E-state index is 0.0950. The first-order chi connectivity index (χ1) is 5.33. The Hall–Kier alpha value is -0.680. The molecule has 1 rings (SSSR count). The lowest BCUT2D eigenvalue weighted by molar-refractivity contribution is 0.311. The van der Waals surface area contributed by atoms with Gasteiger partial charge in [0.15, 0.2) is 0 Å². The zero-order chi connectivity index (χ0) is 8.10. The van der Waals surface area contributed by atoms with Crippen LogP contribution in [0.25, 0.3) is 0 Å². The number of nitrogens with zero attached hydrogens (tertiary/aromatic N) is 2. The second-order valence-corrected chi connectivity index (χ2v) is 2.69. The Kier molecular flexibility index (Phi) is 3.25. The number of aromatic nitrogens is 2. The number of aliphatic hydroxyl groups is 1. The van der Waals surface area contributed by atoms with Crippen molar-refractivity contribution >= 4 is 21.7 Å². The molecule has 1 heterocycles. The fraction of sp³-hybridized carbons (Fsp3) is 0.333. The number of hydrogen-bond acceptors (Lipinski definition) is 4. The van der Waals surface area contributed by atoms with E-state index in [0.717, 1.165) is 0 Å². The van der Waals surface area contributed by atoms with Crippen LogP contribution in [0, 0.1) is 0 Å². The minimum Gasteiger partial charge on any atom is -0.395 e. The standard InChI is InChI=1S/C6H8BrN3O/c7-5-3-10-6(4-9-5)8-1-2-11/h3-4,11H,1-2H2,(H,8,10). The second kappa shape index (κ2) is 4.25. The highest BCUT2D eigenvalue weighted by Crippen LogP contribution is 2.05. The molecule has 0 saturated heterocycles. The molecule has 0 fully saturated rings. The summed E-state index contributed by atoms with van der Waals surface area (Å²) >= 11 is 3.16. The summed E-state index contributed by atoms with van der Waals surface area (Å²) in [4.78, 5) is 7.93. The van der Waals surface area contributed by atoms with Crippen LogP contribution in [0.5, 0.6) is 0 Å². The third kappa shape index (κ3) is 2.81. The zero-order valence-electron chi connectivity index (χ0n) is 5.79. The molecule has 0 saturated carbocycles. The molecule has 11 heavy (non-hydrogen) atoms.